The van der Waals surface area contributed by atoms with E-state index in [9.17, 15) is 15.2 Å². The van der Waals surface area contributed by atoms with E-state index < -0.39 is 4.92 Å². The monoisotopic (exact) mass is 380 g/mol. The molecule has 0 fully saturated rings. The van der Waals surface area contributed by atoms with Crippen LogP contribution in [0.25, 0.3) is 22.4 Å². The zero-order valence-electron chi connectivity index (χ0n) is 13.8. The molecule has 27 heavy (non-hydrogen) atoms. The number of nitro groups is 1. The zero-order chi connectivity index (χ0) is 18.8. The van der Waals surface area contributed by atoms with E-state index >= 15 is 0 Å². The van der Waals surface area contributed by atoms with Gasteiger partial charge < -0.3 is 9.52 Å². The molecule has 8 nitrogen and oxygen atoms in total. The first-order valence-corrected chi connectivity index (χ1v) is 8.87. The van der Waals surface area contributed by atoms with Crippen LogP contribution in [0.2, 0.25) is 0 Å². The van der Waals surface area contributed by atoms with Gasteiger partial charge in [0.25, 0.3) is 10.9 Å². The molecule has 0 bridgehead atoms. The lowest BCUT2D eigenvalue weighted by molar-refractivity contribution is -0.384. The Kier molecular flexibility index (Phi) is 4.43. The van der Waals surface area contributed by atoms with Crippen molar-refractivity contribution in [1.29, 1.82) is 0 Å². The maximum Gasteiger partial charge on any atom is 0.277 e. The topological polar surface area (TPSA) is 115 Å². The molecule has 0 saturated heterocycles. The standard InChI is InChI=1S/C18H12N4O4S/c23-15-8-5-12(14-2-1-9-19-16(14)15)10-27-18-21-20-17(26-18)11-3-6-13(7-4-11)22(24)25/h1-9,23H,10H2. The molecule has 2 heterocycles. The van der Waals surface area contributed by atoms with E-state index in [1.54, 1.807) is 24.4 Å². The van der Waals surface area contributed by atoms with Gasteiger partial charge in [0, 0.05) is 35.0 Å². The Morgan fingerprint density at radius 1 is 1.11 bits per heavy atom. The summed E-state index contributed by atoms with van der Waals surface area (Å²) < 4.78 is 5.63. The second-order valence-electron chi connectivity index (χ2n) is 5.61. The molecule has 0 aliphatic rings. The molecular formula is C18H12N4O4S. The maximum atomic E-state index is 10.7. The van der Waals surface area contributed by atoms with E-state index in [1.807, 2.05) is 18.2 Å². The highest BCUT2D eigenvalue weighted by molar-refractivity contribution is 7.98. The number of fused-ring (bicyclic) bond motifs is 1. The minimum Gasteiger partial charge on any atom is -0.506 e. The first-order chi connectivity index (χ1) is 13.1. The number of phenols is 1. The predicted molar refractivity (Wildman–Crippen MR) is 99.4 cm³/mol. The van der Waals surface area contributed by atoms with Crippen molar-refractivity contribution in [3.63, 3.8) is 0 Å². The molecule has 1 N–H and O–H groups in total. The SMILES string of the molecule is O=[N+]([O-])c1ccc(-c2nnc(SCc3ccc(O)c4ncccc34)o2)cc1. The number of aromatic nitrogens is 3. The molecule has 0 aliphatic heterocycles. The van der Waals surface area contributed by atoms with Gasteiger partial charge in [0.2, 0.25) is 5.89 Å². The normalized spacial score (nSPS) is 11.0. The summed E-state index contributed by atoms with van der Waals surface area (Å²) in [6.45, 7) is 0. The Labute approximate surface area is 157 Å². The van der Waals surface area contributed by atoms with Gasteiger partial charge in [0.05, 0.1) is 4.92 Å². The number of thioether (sulfide) groups is 1. The highest BCUT2D eigenvalue weighted by Crippen LogP contribution is 2.31. The molecule has 0 saturated carbocycles. The first-order valence-electron chi connectivity index (χ1n) is 7.88. The summed E-state index contributed by atoms with van der Waals surface area (Å²) in [6, 6.07) is 13.1. The second-order valence-corrected chi connectivity index (χ2v) is 6.54. The number of phenolic OH excluding ortho intramolecular Hbond substituents is 1. The summed E-state index contributed by atoms with van der Waals surface area (Å²) in [5, 5.41) is 29.9. The van der Waals surface area contributed by atoms with Gasteiger partial charge in [-0.15, -0.1) is 10.2 Å². The summed E-state index contributed by atoms with van der Waals surface area (Å²) in [4.78, 5) is 14.5. The summed E-state index contributed by atoms with van der Waals surface area (Å²) >= 11 is 1.36. The van der Waals surface area contributed by atoms with Crippen LogP contribution in [0, 0.1) is 10.1 Å². The lowest BCUT2D eigenvalue weighted by Gasteiger charge is -2.05. The summed E-state index contributed by atoms with van der Waals surface area (Å²) in [7, 11) is 0. The largest absolute Gasteiger partial charge is 0.506 e. The summed E-state index contributed by atoms with van der Waals surface area (Å²) in [6.07, 6.45) is 1.63. The third-order valence-electron chi connectivity index (χ3n) is 3.92. The molecule has 0 aliphatic carbocycles. The quantitative estimate of drug-likeness (QED) is 0.311. The average molecular weight is 380 g/mol. The number of aromatic hydroxyl groups is 1. The number of hydrogen-bond acceptors (Lipinski definition) is 8. The van der Waals surface area contributed by atoms with Crippen LogP contribution in [0.1, 0.15) is 5.56 Å². The molecule has 4 aromatic rings. The van der Waals surface area contributed by atoms with E-state index in [1.165, 1.54) is 23.9 Å². The van der Waals surface area contributed by atoms with Crippen LogP contribution in [0.3, 0.4) is 0 Å². The highest BCUT2D eigenvalue weighted by Gasteiger charge is 2.13. The summed E-state index contributed by atoms with van der Waals surface area (Å²) in [5.74, 6) is 0.993. The summed E-state index contributed by atoms with van der Waals surface area (Å²) in [5.41, 5.74) is 2.14. The molecule has 4 rings (SSSR count). The smallest absolute Gasteiger partial charge is 0.277 e. The van der Waals surface area contributed by atoms with Gasteiger partial charge in [0.15, 0.2) is 0 Å². The molecule has 0 radical (unpaired) electrons. The predicted octanol–water partition coefficient (Wildman–Crippen LogP) is 4.19. The van der Waals surface area contributed by atoms with Gasteiger partial charge in [-0.25, -0.2) is 0 Å². The average Bonchev–Trinajstić information content (AvgIpc) is 3.17. The number of pyridine rings is 1. The van der Waals surface area contributed by atoms with E-state index in [4.69, 9.17) is 4.42 Å². The number of non-ortho nitro benzene ring substituents is 1. The number of hydrogen-bond donors (Lipinski definition) is 1. The van der Waals surface area contributed by atoms with Gasteiger partial charge in [-0.2, -0.15) is 0 Å². The molecule has 9 heteroatoms. The minimum atomic E-state index is -0.463. The zero-order valence-corrected chi connectivity index (χ0v) is 14.6. The van der Waals surface area contributed by atoms with Crippen LogP contribution < -0.4 is 0 Å². The molecule has 0 amide bonds. The van der Waals surface area contributed by atoms with Crippen molar-refractivity contribution in [2.45, 2.75) is 11.0 Å². The molecule has 0 spiro atoms. The van der Waals surface area contributed by atoms with Crippen molar-refractivity contribution in [2.24, 2.45) is 0 Å². The van der Waals surface area contributed by atoms with Crippen LogP contribution in [-0.2, 0) is 5.75 Å². The minimum absolute atomic E-state index is 0.000631. The Morgan fingerprint density at radius 2 is 1.93 bits per heavy atom. The van der Waals surface area contributed by atoms with Crippen LogP contribution in [0.4, 0.5) is 5.69 Å². The van der Waals surface area contributed by atoms with Crippen molar-refractivity contribution in [3.05, 3.63) is 70.4 Å². The molecule has 2 aromatic heterocycles. The van der Waals surface area contributed by atoms with Crippen molar-refractivity contribution in [1.82, 2.24) is 15.2 Å². The highest BCUT2D eigenvalue weighted by atomic mass is 32.2. The second kappa shape index (κ2) is 7.04. The Bertz CT molecular complexity index is 1130. The molecule has 134 valence electrons. The van der Waals surface area contributed by atoms with Crippen LogP contribution in [0.15, 0.2) is 64.4 Å². The third kappa shape index (κ3) is 3.44. The number of benzene rings is 2. The first kappa shape index (κ1) is 17.0. The van der Waals surface area contributed by atoms with Gasteiger partial charge in [-0.1, -0.05) is 23.9 Å². The number of rotatable bonds is 5. The Morgan fingerprint density at radius 3 is 2.70 bits per heavy atom. The number of nitro benzene ring substituents is 1. The van der Waals surface area contributed by atoms with Crippen molar-refractivity contribution in [2.75, 3.05) is 0 Å². The van der Waals surface area contributed by atoms with E-state index in [2.05, 4.69) is 15.2 Å². The van der Waals surface area contributed by atoms with Gasteiger partial charge in [-0.05, 0) is 29.8 Å². The Balaban J connectivity index is 1.52. The van der Waals surface area contributed by atoms with Gasteiger partial charge in [-0.3, -0.25) is 15.1 Å². The fraction of sp³-hybridized carbons (Fsp3) is 0.0556. The lowest BCUT2D eigenvalue weighted by atomic mass is 10.1. The fourth-order valence-corrected chi connectivity index (χ4v) is 3.36. The van der Waals surface area contributed by atoms with Gasteiger partial charge >= 0.3 is 0 Å². The van der Waals surface area contributed by atoms with Crippen molar-refractivity contribution < 1.29 is 14.4 Å². The molecule has 0 unspecified atom stereocenters. The molecule has 0 atom stereocenters. The van der Waals surface area contributed by atoms with Crippen LogP contribution >= 0.6 is 11.8 Å². The van der Waals surface area contributed by atoms with Crippen molar-refractivity contribution in [3.8, 4) is 17.2 Å². The lowest BCUT2D eigenvalue weighted by Crippen LogP contribution is -1.87. The van der Waals surface area contributed by atoms with E-state index in [-0.39, 0.29) is 11.4 Å². The third-order valence-corrected chi connectivity index (χ3v) is 4.79. The van der Waals surface area contributed by atoms with Crippen molar-refractivity contribution >= 4 is 28.4 Å². The maximum absolute atomic E-state index is 10.7. The Hall–Kier alpha value is -3.46. The van der Waals surface area contributed by atoms with Crippen LogP contribution in [-0.4, -0.2) is 25.2 Å². The van der Waals surface area contributed by atoms with E-state index in [0.29, 0.717) is 27.9 Å². The molecular weight excluding hydrogens is 368 g/mol. The molecule has 2 aromatic carbocycles. The van der Waals surface area contributed by atoms with Crippen LogP contribution in [0.5, 0.6) is 5.75 Å². The van der Waals surface area contributed by atoms with Gasteiger partial charge in [0.1, 0.15) is 11.3 Å². The number of nitrogens with zero attached hydrogens (tertiary/aromatic N) is 4. The fourth-order valence-electron chi connectivity index (χ4n) is 2.59. The van der Waals surface area contributed by atoms with E-state index in [0.717, 1.165) is 10.9 Å².